The molecular weight excluding hydrogens is 246 g/mol. The van der Waals surface area contributed by atoms with Gasteiger partial charge in [0.25, 0.3) is 0 Å². The highest BCUT2D eigenvalue weighted by molar-refractivity contribution is 7.16. The summed E-state index contributed by atoms with van der Waals surface area (Å²) < 4.78 is 5.30. The summed E-state index contributed by atoms with van der Waals surface area (Å²) in [5.74, 6) is 0.939. The number of rotatable bonds is 4. The molecule has 0 radical (unpaired) electrons. The zero-order valence-corrected chi connectivity index (χ0v) is 10.9. The van der Waals surface area contributed by atoms with Crippen molar-refractivity contribution in [3.8, 4) is 0 Å². The van der Waals surface area contributed by atoms with Crippen LogP contribution in [0.4, 0.5) is 5.82 Å². The first-order chi connectivity index (χ1) is 8.93. The van der Waals surface area contributed by atoms with Crippen LogP contribution in [0, 0.1) is 0 Å². The van der Waals surface area contributed by atoms with Gasteiger partial charge in [0, 0.05) is 6.54 Å². The van der Waals surface area contributed by atoms with Crippen molar-refractivity contribution in [3.63, 3.8) is 0 Å². The first-order valence-electron chi connectivity index (χ1n) is 6.11. The Labute approximate surface area is 110 Å². The smallest absolute Gasteiger partial charge is 0.138 e. The van der Waals surface area contributed by atoms with Gasteiger partial charge in [0.1, 0.15) is 17.0 Å². The molecule has 4 nitrogen and oxygen atoms in total. The molecule has 0 amide bonds. The fraction of sp³-hybridized carbons (Fsp3) is 0.385. The Kier molecular flexibility index (Phi) is 3.52. The average molecular weight is 261 g/mol. The normalized spacial score (nSPS) is 15.7. The summed E-state index contributed by atoms with van der Waals surface area (Å²) >= 11 is 1.64. The van der Waals surface area contributed by atoms with Crippen LogP contribution in [-0.2, 0) is 4.74 Å². The second kappa shape index (κ2) is 5.46. The van der Waals surface area contributed by atoms with E-state index >= 15 is 0 Å². The topological polar surface area (TPSA) is 47.0 Å². The SMILES string of the molecule is C1=C(CCNc2ncnc3sccc23)CCOC1. The maximum absolute atomic E-state index is 5.30. The number of hydrogen-bond donors (Lipinski definition) is 1. The third kappa shape index (κ3) is 2.52. The molecule has 5 heteroatoms. The first-order valence-corrected chi connectivity index (χ1v) is 6.99. The highest BCUT2D eigenvalue weighted by Gasteiger charge is 2.06. The van der Waals surface area contributed by atoms with Crippen molar-refractivity contribution in [1.29, 1.82) is 0 Å². The maximum atomic E-state index is 5.30. The Morgan fingerprint density at radius 2 is 2.39 bits per heavy atom. The minimum atomic E-state index is 0.762. The van der Waals surface area contributed by atoms with Crippen molar-refractivity contribution in [1.82, 2.24) is 9.97 Å². The standard InChI is InChI=1S/C13H15N3OS/c1(10-2-6-17-7-3-10)5-14-12-11-4-8-18-13(11)16-9-15-12/h2,4,8-9H,1,3,5-7H2,(H,14,15,16). The Morgan fingerprint density at radius 3 is 3.28 bits per heavy atom. The van der Waals surface area contributed by atoms with Gasteiger partial charge in [-0.1, -0.05) is 11.6 Å². The summed E-state index contributed by atoms with van der Waals surface area (Å²) in [5.41, 5.74) is 1.48. The van der Waals surface area contributed by atoms with Gasteiger partial charge < -0.3 is 10.1 Å². The predicted octanol–water partition coefficient (Wildman–Crippen LogP) is 2.84. The minimum Gasteiger partial charge on any atom is -0.377 e. The van der Waals surface area contributed by atoms with E-state index in [2.05, 4.69) is 27.4 Å². The van der Waals surface area contributed by atoms with Crippen molar-refractivity contribution in [2.45, 2.75) is 12.8 Å². The minimum absolute atomic E-state index is 0.762. The van der Waals surface area contributed by atoms with E-state index in [-0.39, 0.29) is 0 Å². The van der Waals surface area contributed by atoms with Crippen molar-refractivity contribution in [2.24, 2.45) is 0 Å². The van der Waals surface area contributed by atoms with Crippen LogP contribution < -0.4 is 5.32 Å². The van der Waals surface area contributed by atoms with Crippen LogP contribution in [0.2, 0.25) is 0 Å². The molecule has 1 aliphatic heterocycles. The molecule has 3 rings (SSSR count). The van der Waals surface area contributed by atoms with Crippen LogP contribution >= 0.6 is 11.3 Å². The zero-order chi connectivity index (χ0) is 12.2. The first kappa shape index (κ1) is 11.6. The summed E-state index contributed by atoms with van der Waals surface area (Å²) in [7, 11) is 0. The van der Waals surface area contributed by atoms with Gasteiger partial charge in [0.2, 0.25) is 0 Å². The zero-order valence-electron chi connectivity index (χ0n) is 10.1. The number of nitrogens with one attached hydrogen (secondary N) is 1. The second-order valence-electron chi connectivity index (χ2n) is 4.23. The van der Waals surface area contributed by atoms with E-state index in [0.717, 1.165) is 48.6 Å². The van der Waals surface area contributed by atoms with Gasteiger partial charge in [0.15, 0.2) is 0 Å². The summed E-state index contributed by atoms with van der Waals surface area (Å²) in [5, 5.41) is 6.56. The third-order valence-corrected chi connectivity index (χ3v) is 3.88. The van der Waals surface area contributed by atoms with Crippen LogP contribution in [0.1, 0.15) is 12.8 Å². The molecule has 0 spiro atoms. The summed E-state index contributed by atoms with van der Waals surface area (Å²) in [6.07, 6.45) is 5.92. The van der Waals surface area contributed by atoms with Gasteiger partial charge in [-0.15, -0.1) is 11.3 Å². The fourth-order valence-electron chi connectivity index (χ4n) is 2.06. The van der Waals surface area contributed by atoms with Gasteiger partial charge in [0.05, 0.1) is 18.6 Å². The van der Waals surface area contributed by atoms with Crippen molar-refractivity contribution in [3.05, 3.63) is 29.4 Å². The van der Waals surface area contributed by atoms with Crippen LogP contribution in [-0.4, -0.2) is 29.7 Å². The predicted molar refractivity (Wildman–Crippen MR) is 74.0 cm³/mol. The Hall–Kier alpha value is -1.46. The monoisotopic (exact) mass is 261 g/mol. The van der Waals surface area contributed by atoms with Gasteiger partial charge in [-0.05, 0) is 24.3 Å². The Morgan fingerprint density at radius 1 is 1.39 bits per heavy atom. The molecule has 94 valence electrons. The molecule has 2 aromatic heterocycles. The lowest BCUT2D eigenvalue weighted by Crippen LogP contribution is -2.09. The number of hydrogen-bond acceptors (Lipinski definition) is 5. The maximum Gasteiger partial charge on any atom is 0.138 e. The molecule has 0 atom stereocenters. The lowest BCUT2D eigenvalue weighted by atomic mass is 10.1. The van der Waals surface area contributed by atoms with E-state index in [1.165, 1.54) is 5.57 Å². The second-order valence-corrected chi connectivity index (χ2v) is 5.12. The van der Waals surface area contributed by atoms with Gasteiger partial charge in [-0.25, -0.2) is 9.97 Å². The quantitative estimate of drug-likeness (QED) is 0.860. The molecule has 0 aliphatic carbocycles. The van der Waals surface area contributed by atoms with Gasteiger partial charge in [-0.3, -0.25) is 0 Å². The largest absolute Gasteiger partial charge is 0.377 e. The molecule has 2 aromatic rings. The van der Waals surface area contributed by atoms with E-state index in [0.29, 0.717) is 0 Å². The van der Waals surface area contributed by atoms with Gasteiger partial charge in [-0.2, -0.15) is 0 Å². The molecule has 0 saturated heterocycles. The lowest BCUT2D eigenvalue weighted by Gasteiger charge is -2.14. The van der Waals surface area contributed by atoms with Gasteiger partial charge >= 0.3 is 0 Å². The highest BCUT2D eigenvalue weighted by Crippen LogP contribution is 2.23. The van der Waals surface area contributed by atoms with Crippen molar-refractivity contribution in [2.75, 3.05) is 25.1 Å². The molecular formula is C13H15N3OS. The third-order valence-electron chi connectivity index (χ3n) is 3.06. The van der Waals surface area contributed by atoms with E-state index in [4.69, 9.17) is 4.74 Å². The van der Waals surface area contributed by atoms with E-state index in [9.17, 15) is 0 Å². The molecule has 18 heavy (non-hydrogen) atoms. The molecule has 0 bridgehead atoms. The summed E-state index contributed by atoms with van der Waals surface area (Å²) in [6, 6.07) is 2.07. The highest BCUT2D eigenvalue weighted by atomic mass is 32.1. The van der Waals surface area contributed by atoms with Crippen LogP contribution in [0.5, 0.6) is 0 Å². The average Bonchev–Trinajstić information content (AvgIpc) is 2.89. The lowest BCUT2D eigenvalue weighted by molar-refractivity contribution is 0.153. The molecule has 0 saturated carbocycles. The Bertz CT molecular complexity index is 564. The summed E-state index contributed by atoms with van der Waals surface area (Å²) in [4.78, 5) is 9.58. The molecule has 1 aliphatic rings. The number of ether oxygens (including phenoxy) is 1. The molecule has 0 fully saturated rings. The molecule has 0 aromatic carbocycles. The van der Waals surface area contributed by atoms with Crippen molar-refractivity contribution >= 4 is 27.4 Å². The number of thiophene rings is 1. The van der Waals surface area contributed by atoms with Crippen LogP contribution in [0.15, 0.2) is 29.4 Å². The van der Waals surface area contributed by atoms with E-state index < -0.39 is 0 Å². The number of fused-ring (bicyclic) bond motifs is 1. The summed E-state index contributed by atoms with van der Waals surface area (Å²) in [6.45, 7) is 2.53. The van der Waals surface area contributed by atoms with Crippen LogP contribution in [0.3, 0.4) is 0 Å². The van der Waals surface area contributed by atoms with E-state index in [1.54, 1.807) is 17.7 Å². The fourth-order valence-corrected chi connectivity index (χ4v) is 2.80. The Balaban J connectivity index is 1.62. The molecule has 0 unspecified atom stereocenters. The molecule has 3 heterocycles. The number of nitrogens with zero attached hydrogens (tertiary/aromatic N) is 2. The number of anilines is 1. The number of aromatic nitrogens is 2. The molecule has 1 N–H and O–H groups in total. The van der Waals surface area contributed by atoms with Crippen LogP contribution in [0.25, 0.3) is 10.2 Å². The van der Waals surface area contributed by atoms with Crippen molar-refractivity contribution < 1.29 is 4.74 Å². The van der Waals surface area contributed by atoms with E-state index in [1.807, 2.05) is 5.38 Å².